The van der Waals surface area contributed by atoms with E-state index in [0.29, 0.717) is 47.8 Å². The zero-order chi connectivity index (χ0) is 26.1. The number of hydrogen-bond donors (Lipinski definition) is 2. The summed E-state index contributed by atoms with van der Waals surface area (Å²) in [5.74, 6) is -2.75. The van der Waals surface area contributed by atoms with Crippen LogP contribution in [-0.2, 0) is 17.1 Å². The third-order valence-corrected chi connectivity index (χ3v) is 7.59. The number of aliphatic imine (C=N–C) groups is 2. The molecule has 8 heteroatoms. The van der Waals surface area contributed by atoms with Crippen molar-refractivity contribution in [2.24, 2.45) is 21.3 Å². The van der Waals surface area contributed by atoms with Gasteiger partial charge in [-0.2, -0.15) is 8.78 Å². The smallest absolute Gasteiger partial charge is 0.287 e. The lowest BCUT2D eigenvalue weighted by atomic mass is 9.71. The number of amides is 1. The molecule has 1 aliphatic heterocycles. The number of nitrogens with zero attached hydrogens (tertiary/aromatic N) is 3. The normalized spacial score (nSPS) is 26.3. The van der Waals surface area contributed by atoms with Crippen LogP contribution in [0.1, 0.15) is 83.2 Å². The zero-order valence-corrected chi connectivity index (χ0v) is 21.6. The number of nitrogens with one attached hydrogen (secondary N) is 1. The number of aromatic nitrogens is 1. The van der Waals surface area contributed by atoms with E-state index in [0.717, 1.165) is 44.6 Å². The number of anilines is 1. The average Bonchev–Trinajstić information content (AvgIpc) is 3.21. The van der Waals surface area contributed by atoms with Crippen molar-refractivity contribution in [3.63, 3.8) is 0 Å². The monoisotopic (exact) mass is 498 g/mol. The molecule has 3 atom stereocenters. The highest BCUT2D eigenvalue weighted by Crippen LogP contribution is 2.39. The van der Waals surface area contributed by atoms with E-state index in [2.05, 4.69) is 27.2 Å². The topological polar surface area (TPSA) is 86.9 Å². The van der Waals surface area contributed by atoms with E-state index in [-0.39, 0.29) is 28.8 Å². The number of carbonyl (C=O) groups is 1. The minimum Gasteiger partial charge on any atom is -0.512 e. The van der Waals surface area contributed by atoms with Crippen molar-refractivity contribution in [3.8, 4) is 0 Å². The summed E-state index contributed by atoms with van der Waals surface area (Å²) in [4.78, 5) is 25.6. The molecule has 1 fully saturated rings. The molecular formula is C28H36F2N4O2. The molecule has 2 aliphatic carbocycles. The fourth-order valence-electron chi connectivity index (χ4n) is 5.57. The predicted octanol–water partition coefficient (Wildman–Crippen LogP) is 6.42. The first-order valence-corrected chi connectivity index (χ1v) is 12.9. The number of aliphatic hydroxyl groups is 1. The van der Waals surface area contributed by atoms with Gasteiger partial charge in [0.15, 0.2) is 0 Å². The molecule has 36 heavy (non-hydrogen) atoms. The molecule has 2 N–H and O–H groups in total. The van der Waals surface area contributed by atoms with Crippen molar-refractivity contribution in [2.45, 2.75) is 84.6 Å². The van der Waals surface area contributed by atoms with E-state index in [4.69, 9.17) is 0 Å². The first-order valence-electron chi connectivity index (χ1n) is 12.9. The Kier molecular flexibility index (Phi) is 7.43. The van der Waals surface area contributed by atoms with Gasteiger partial charge in [-0.05, 0) is 62.7 Å². The summed E-state index contributed by atoms with van der Waals surface area (Å²) in [5, 5.41) is 13.4. The van der Waals surface area contributed by atoms with Crippen LogP contribution >= 0.6 is 0 Å². The highest BCUT2D eigenvalue weighted by atomic mass is 19.3. The van der Waals surface area contributed by atoms with Crippen LogP contribution in [0.4, 0.5) is 14.5 Å². The maximum Gasteiger partial charge on any atom is 0.287 e. The van der Waals surface area contributed by atoms with Gasteiger partial charge >= 0.3 is 0 Å². The lowest BCUT2D eigenvalue weighted by Gasteiger charge is -2.35. The van der Waals surface area contributed by atoms with Crippen molar-refractivity contribution in [2.75, 3.05) is 11.9 Å². The number of hydrogen-bond acceptors (Lipinski definition) is 5. The number of carbonyl (C=O) groups excluding carboxylic acids is 1. The van der Waals surface area contributed by atoms with Gasteiger partial charge in [-0.3, -0.25) is 14.8 Å². The Balaban J connectivity index is 1.46. The number of aryl methyl sites for hydroxylation is 1. The lowest BCUT2D eigenvalue weighted by Crippen LogP contribution is -2.31. The van der Waals surface area contributed by atoms with Gasteiger partial charge in [-0.15, -0.1) is 0 Å². The number of halogens is 2. The standard InChI is InChI=1S/C28H36F2N4O2/c1-5-20-17(2)31-15-22(20)26(36)33-16-27(3)10-6-7-18(13-27)14-32-24-12-25(28(4,29)30)34-23-9-8-19(35)11-21(23)24/h11-12,15-18,35H,5-10,13-14H2,1-4H3,(H,32,34)/t17?,18-,27?/m1/s1. The molecule has 0 aromatic carbocycles. The molecule has 0 spiro atoms. The van der Waals surface area contributed by atoms with Crippen LogP contribution in [0.5, 0.6) is 0 Å². The summed E-state index contributed by atoms with van der Waals surface area (Å²) in [6.45, 7) is 7.60. The van der Waals surface area contributed by atoms with Gasteiger partial charge in [0.25, 0.3) is 11.8 Å². The zero-order valence-electron chi connectivity index (χ0n) is 21.6. The summed E-state index contributed by atoms with van der Waals surface area (Å²) in [5.41, 5.74) is 3.01. The second-order valence-corrected chi connectivity index (χ2v) is 10.7. The quantitative estimate of drug-likeness (QED) is 0.425. The molecule has 1 saturated carbocycles. The molecule has 194 valence electrons. The average molecular weight is 499 g/mol. The molecule has 3 aliphatic rings. The Labute approximate surface area is 211 Å². The Morgan fingerprint density at radius 3 is 2.89 bits per heavy atom. The molecule has 1 amide bonds. The largest absolute Gasteiger partial charge is 0.512 e. The molecule has 2 heterocycles. The van der Waals surface area contributed by atoms with E-state index in [1.54, 1.807) is 12.3 Å². The Morgan fingerprint density at radius 2 is 2.17 bits per heavy atom. The van der Waals surface area contributed by atoms with E-state index in [9.17, 15) is 18.7 Å². The highest BCUT2D eigenvalue weighted by molar-refractivity contribution is 6.16. The Morgan fingerprint density at radius 1 is 1.39 bits per heavy atom. The van der Waals surface area contributed by atoms with Crippen molar-refractivity contribution in [1.82, 2.24) is 4.98 Å². The molecule has 2 unspecified atom stereocenters. The second-order valence-electron chi connectivity index (χ2n) is 10.7. The van der Waals surface area contributed by atoms with Crippen LogP contribution in [0.25, 0.3) is 6.08 Å². The molecule has 6 nitrogen and oxygen atoms in total. The van der Waals surface area contributed by atoms with Gasteiger partial charge in [-0.1, -0.05) is 20.3 Å². The summed E-state index contributed by atoms with van der Waals surface area (Å²) >= 11 is 0. The fourth-order valence-corrected chi connectivity index (χ4v) is 5.57. The van der Waals surface area contributed by atoms with Gasteiger partial charge in [0, 0.05) is 49.0 Å². The van der Waals surface area contributed by atoms with Crippen LogP contribution < -0.4 is 5.32 Å². The molecule has 1 aromatic rings. The first-order chi connectivity index (χ1) is 17.0. The molecule has 4 rings (SSSR count). The maximum absolute atomic E-state index is 14.1. The molecule has 0 bridgehead atoms. The summed E-state index contributed by atoms with van der Waals surface area (Å²) < 4.78 is 28.2. The SMILES string of the molecule is CCC1=C(C(=O)N=CC2(C)CCC[C@@H](CNc3cc(C(C)(F)F)nc4c3C=C(O)CC4)C2)C=NC1C. The maximum atomic E-state index is 14.1. The van der Waals surface area contributed by atoms with E-state index in [1.807, 2.05) is 20.1 Å². The minimum absolute atomic E-state index is 0.0359. The predicted molar refractivity (Wildman–Crippen MR) is 140 cm³/mol. The van der Waals surface area contributed by atoms with Gasteiger partial charge in [-0.25, -0.2) is 4.99 Å². The van der Waals surface area contributed by atoms with Crippen LogP contribution in [0.15, 0.2) is 33.0 Å². The second kappa shape index (κ2) is 10.2. The van der Waals surface area contributed by atoms with Gasteiger partial charge < -0.3 is 10.4 Å². The van der Waals surface area contributed by atoms with E-state index < -0.39 is 5.92 Å². The Bertz CT molecular complexity index is 1150. The van der Waals surface area contributed by atoms with Crippen LogP contribution in [0.3, 0.4) is 0 Å². The van der Waals surface area contributed by atoms with Crippen molar-refractivity contribution >= 4 is 30.1 Å². The molecule has 0 saturated heterocycles. The number of fused-ring (bicyclic) bond motifs is 1. The van der Waals surface area contributed by atoms with E-state index in [1.165, 1.54) is 6.07 Å². The van der Waals surface area contributed by atoms with Crippen molar-refractivity contribution < 1.29 is 18.7 Å². The van der Waals surface area contributed by atoms with Crippen molar-refractivity contribution in [3.05, 3.63) is 39.9 Å². The van der Waals surface area contributed by atoms with Crippen molar-refractivity contribution in [1.29, 1.82) is 0 Å². The minimum atomic E-state index is -3.05. The van der Waals surface area contributed by atoms with E-state index >= 15 is 0 Å². The van der Waals surface area contributed by atoms with Crippen LogP contribution in [0.2, 0.25) is 0 Å². The number of pyridine rings is 1. The number of alkyl halides is 2. The summed E-state index contributed by atoms with van der Waals surface area (Å²) in [7, 11) is 0. The highest BCUT2D eigenvalue weighted by Gasteiger charge is 2.33. The summed E-state index contributed by atoms with van der Waals surface area (Å²) in [6.07, 6.45) is 10.5. The van der Waals surface area contributed by atoms with Crippen LogP contribution in [-0.4, -0.2) is 41.0 Å². The summed E-state index contributed by atoms with van der Waals surface area (Å²) in [6, 6.07) is 1.44. The number of rotatable bonds is 7. The van der Waals surface area contributed by atoms with Gasteiger partial charge in [0.2, 0.25) is 0 Å². The van der Waals surface area contributed by atoms with Crippen LogP contribution in [0, 0.1) is 11.3 Å². The van der Waals surface area contributed by atoms with Gasteiger partial charge in [0.05, 0.1) is 23.1 Å². The lowest BCUT2D eigenvalue weighted by molar-refractivity contribution is -0.113. The van der Waals surface area contributed by atoms with Gasteiger partial charge in [0.1, 0.15) is 5.69 Å². The fraction of sp³-hybridized carbons (Fsp3) is 0.571. The molecule has 1 aromatic heterocycles. The first kappa shape index (κ1) is 26.2. The third-order valence-electron chi connectivity index (χ3n) is 7.59. The number of aliphatic hydroxyl groups excluding tert-OH is 1. The third kappa shape index (κ3) is 5.73. The molecular weight excluding hydrogens is 462 g/mol. The number of allylic oxidation sites excluding steroid dienone is 1. The molecule has 0 radical (unpaired) electrons. The Hall–Kier alpha value is -2.90.